The maximum atomic E-state index is 12.2. The molecule has 0 bridgehead atoms. The van der Waals surface area contributed by atoms with E-state index in [0.29, 0.717) is 0 Å². The second-order valence-corrected chi connectivity index (χ2v) is 2.87. The van der Waals surface area contributed by atoms with Gasteiger partial charge in [0, 0.05) is 0 Å². The van der Waals surface area contributed by atoms with Crippen molar-refractivity contribution in [2.24, 2.45) is 0 Å². The molecule has 0 amide bonds. The number of aryl methyl sites for hydroxylation is 1. The van der Waals surface area contributed by atoms with Gasteiger partial charge in [-0.15, -0.1) is 0 Å². The minimum Gasteiger partial charge on any atom is -0.496 e. The van der Waals surface area contributed by atoms with E-state index in [2.05, 4.69) is 0 Å². The van der Waals surface area contributed by atoms with Gasteiger partial charge in [0.15, 0.2) is 0 Å². The van der Waals surface area contributed by atoms with Crippen LogP contribution in [0.4, 0.5) is 8.78 Å². The van der Waals surface area contributed by atoms with Gasteiger partial charge in [0.2, 0.25) is 5.78 Å². The van der Waals surface area contributed by atoms with E-state index < -0.39 is 12.2 Å². The fourth-order valence-corrected chi connectivity index (χ4v) is 1.13. The van der Waals surface area contributed by atoms with Crippen LogP contribution in [0.2, 0.25) is 0 Å². The maximum absolute atomic E-state index is 12.2. The Labute approximate surface area is 80.5 Å². The van der Waals surface area contributed by atoms with Crippen LogP contribution in [-0.4, -0.2) is 19.3 Å². The summed E-state index contributed by atoms with van der Waals surface area (Å²) >= 11 is 0. The molecule has 0 aliphatic rings. The first-order valence-electron chi connectivity index (χ1n) is 4.03. The van der Waals surface area contributed by atoms with E-state index in [0.717, 1.165) is 5.56 Å². The second kappa shape index (κ2) is 4.17. The molecule has 14 heavy (non-hydrogen) atoms. The molecule has 2 nitrogen and oxygen atoms in total. The maximum Gasteiger partial charge on any atom is 0.300 e. The van der Waals surface area contributed by atoms with Gasteiger partial charge in [0.05, 0.1) is 12.7 Å². The number of methoxy groups -OCH3 is 1. The standard InChI is InChI=1S/C10H10F2O2/c1-6-3-4-8(14-2)7(5-6)9(13)10(11)12/h3-5,10H,1-2H3. The molecule has 76 valence electrons. The monoisotopic (exact) mass is 200 g/mol. The molecule has 0 aliphatic heterocycles. The molecule has 0 spiro atoms. The fourth-order valence-electron chi connectivity index (χ4n) is 1.13. The second-order valence-electron chi connectivity index (χ2n) is 2.87. The van der Waals surface area contributed by atoms with Crippen LogP contribution in [0, 0.1) is 6.92 Å². The summed E-state index contributed by atoms with van der Waals surface area (Å²) in [7, 11) is 1.34. The van der Waals surface area contributed by atoms with Crippen molar-refractivity contribution in [1.29, 1.82) is 0 Å². The summed E-state index contributed by atoms with van der Waals surface area (Å²) in [4.78, 5) is 11.0. The zero-order valence-corrected chi connectivity index (χ0v) is 7.88. The molecular formula is C10H10F2O2. The molecule has 1 rings (SSSR count). The van der Waals surface area contributed by atoms with Crippen molar-refractivity contribution in [3.05, 3.63) is 29.3 Å². The molecule has 4 heteroatoms. The Hall–Kier alpha value is -1.45. The van der Waals surface area contributed by atoms with Crippen molar-refractivity contribution in [2.75, 3.05) is 7.11 Å². The van der Waals surface area contributed by atoms with Crippen LogP contribution in [-0.2, 0) is 0 Å². The molecule has 0 aliphatic carbocycles. The Morgan fingerprint density at radius 2 is 2.07 bits per heavy atom. The lowest BCUT2D eigenvalue weighted by atomic mass is 10.1. The number of hydrogen-bond acceptors (Lipinski definition) is 2. The lowest BCUT2D eigenvalue weighted by molar-refractivity contribution is 0.0675. The molecule has 0 heterocycles. The minimum atomic E-state index is -2.99. The Morgan fingerprint density at radius 3 is 2.57 bits per heavy atom. The van der Waals surface area contributed by atoms with Crippen LogP contribution in [0.5, 0.6) is 5.75 Å². The van der Waals surface area contributed by atoms with Crippen molar-refractivity contribution < 1.29 is 18.3 Å². The van der Waals surface area contributed by atoms with Crippen LogP contribution < -0.4 is 4.74 Å². The largest absolute Gasteiger partial charge is 0.496 e. The summed E-state index contributed by atoms with van der Waals surface area (Å²) in [6.45, 7) is 1.72. The Morgan fingerprint density at radius 1 is 1.43 bits per heavy atom. The summed E-state index contributed by atoms with van der Waals surface area (Å²) in [5.41, 5.74) is 0.678. The molecule has 0 saturated carbocycles. The number of carbonyl (C=O) groups is 1. The number of hydrogen-bond donors (Lipinski definition) is 0. The molecule has 1 aromatic carbocycles. The summed E-state index contributed by atoms with van der Waals surface area (Å²) in [5.74, 6) is -1.02. The highest BCUT2D eigenvalue weighted by Crippen LogP contribution is 2.22. The summed E-state index contributed by atoms with van der Waals surface area (Å²) in [5, 5.41) is 0. The van der Waals surface area contributed by atoms with E-state index in [9.17, 15) is 13.6 Å². The van der Waals surface area contributed by atoms with Gasteiger partial charge in [-0.3, -0.25) is 4.79 Å². The number of alkyl halides is 2. The Kier molecular flexibility index (Phi) is 3.17. The number of benzene rings is 1. The van der Waals surface area contributed by atoms with E-state index in [1.165, 1.54) is 19.2 Å². The molecule has 1 aromatic rings. The zero-order chi connectivity index (χ0) is 10.7. The van der Waals surface area contributed by atoms with E-state index in [4.69, 9.17) is 4.74 Å². The van der Waals surface area contributed by atoms with Gasteiger partial charge in [-0.05, 0) is 19.1 Å². The Balaban J connectivity index is 3.17. The molecule has 0 fully saturated rings. The van der Waals surface area contributed by atoms with Gasteiger partial charge < -0.3 is 4.74 Å². The molecule has 0 unspecified atom stereocenters. The fraction of sp³-hybridized carbons (Fsp3) is 0.300. The first-order valence-corrected chi connectivity index (χ1v) is 4.03. The first-order chi connectivity index (χ1) is 6.56. The van der Waals surface area contributed by atoms with Gasteiger partial charge in [-0.25, -0.2) is 8.78 Å². The van der Waals surface area contributed by atoms with Crippen LogP contribution in [0.25, 0.3) is 0 Å². The van der Waals surface area contributed by atoms with Gasteiger partial charge in [-0.1, -0.05) is 11.6 Å². The molecular weight excluding hydrogens is 190 g/mol. The number of ether oxygens (including phenoxy) is 1. The number of ketones is 1. The smallest absolute Gasteiger partial charge is 0.300 e. The molecule has 0 atom stereocenters. The number of halogens is 2. The van der Waals surface area contributed by atoms with Crippen molar-refractivity contribution in [2.45, 2.75) is 13.3 Å². The first kappa shape index (κ1) is 10.6. The van der Waals surface area contributed by atoms with E-state index in [-0.39, 0.29) is 11.3 Å². The predicted molar refractivity (Wildman–Crippen MR) is 48.1 cm³/mol. The van der Waals surface area contributed by atoms with E-state index in [1.807, 2.05) is 0 Å². The lowest BCUT2D eigenvalue weighted by Crippen LogP contribution is -2.11. The third-order valence-electron chi connectivity index (χ3n) is 1.82. The quantitative estimate of drug-likeness (QED) is 0.700. The van der Waals surface area contributed by atoms with Crippen LogP contribution in [0.1, 0.15) is 15.9 Å². The van der Waals surface area contributed by atoms with Crippen molar-refractivity contribution in [3.8, 4) is 5.75 Å². The number of rotatable bonds is 3. The van der Waals surface area contributed by atoms with Gasteiger partial charge in [-0.2, -0.15) is 0 Å². The zero-order valence-electron chi connectivity index (χ0n) is 7.88. The van der Waals surface area contributed by atoms with Crippen LogP contribution in [0.15, 0.2) is 18.2 Å². The topological polar surface area (TPSA) is 26.3 Å². The lowest BCUT2D eigenvalue weighted by Gasteiger charge is -2.07. The highest BCUT2D eigenvalue weighted by atomic mass is 19.3. The third kappa shape index (κ3) is 2.07. The third-order valence-corrected chi connectivity index (χ3v) is 1.82. The van der Waals surface area contributed by atoms with Gasteiger partial charge in [0.1, 0.15) is 5.75 Å². The van der Waals surface area contributed by atoms with Crippen molar-refractivity contribution >= 4 is 5.78 Å². The van der Waals surface area contributed by atoms with E-state index >= 15 is 0 Å². The van der Waals surface area contributed by atoms with Crippen molar-refractivity contribution in [1.82, 2.24) is 0 Å². The Bertz CT molecular complexity index is 348. The average Bonchev–Trinajstić information content (AvgIpc) is 2.16. The van der Waals surface area contributed by atoms with Crippen LogP contribution in [0.3, 0.4) is 0 Å². The van der Waals surface area contributed by atoms with E-state index in [1.54, 1.807) is 13.0 Å². The molecule has 0 radical (unpaired) electrons. The van der Waals surface area contributed by atoms with Gasteiger partial charge in [0.25, 0.3) is 0 Å². The average molecular weight is 200 g/mol. The number of Topliss-reactive ketones (excluding diaryl/α,β-unsaturated/α-hetero) is 1. The highest BCUT2D eigenvalue weighted by molar-refractivity contribution is 6.01. The molecule has 0 N–H and O–H groups in total. The van der Waals surface area contributed by atoms with Crippen LogP contribution >= 0.6 is 0 Å². The summed E-state index contributed by atoms with van der Waals surface area (Å²) in [6.07, 6.45) is -2.99. The summed E-state index contributed by atoms with van der Waals surface area (Å²) < 4.78 is 29.1. The highest BCUT2D eigenvalue weighted by Gasteiger charge is 2.21. The van der Waals surface area contributed by atoms with Crippen molar-refractivity contribution in [3.63, 3.8) is 0 Å². The number of carbonyl (C=O) groups excluding carboxylic acids is 1. The predicted octanol–water partition coefficient (Wildman–Crippen LogP) is 2.45. The molecule has 0 aromatic heterocycles. The normalized spacial score (nSPS) is 10.4. The molecule has 0 saturated heterocycles. The summed E-state index contributed by atoms with van der Waals surface area (Å²) in [6, 6.07) is 4.60. The van der Waals surface area contributed by atoms with Gasteiger partial charge >= 0.3 is 6.43 Å². The SMILES string of the molecule is COc1ccc(C)cc1C(=O)C(F)F. The minimum absolute atomic E-state index is 0.0671.